The minimum atomic E-state index is -0.306. The van der Waals surface area contributed by atoms with Crippen molar-refractivity contribution in [2.75, 3.05) is 23.8 Å². The number of rotatable bonds is 22. The third-order valence-electron chi connectivity index (χ3n) is 8.37. The molecule has 1 aromatic carbocycles. The van der Waals surface area contributed by atoms with E-state index in [2.05, 4.69) is 38.2 Å². The summed E-state index contributed by atoms with van der Waals surface area (Å²) in [6, 6.07) is 7.53. The first-order chi connectivity index (χ1) is 22.5. The zero-order valence-corrected chi connectivity index (χ0v) is 28.1. The van der Waals surface area contributed by atoms with Crippen LogP contribution in [-0.4, -0.2) is 44.9 Å². The van der Waals surface area contributed by atoms with Crippen LogP contribution in [-0.2, 0) is 11.3 Å². The van der Waals surface area contributed by atoms with E-state index in [0.717, 1.165) is 43.4 Å². The predicted molar refractivity (Wildman–Crippen MR) is 185 cm³/mol. The molecule has 1 aliphatic rings. The van der Waals surface area contributed by atoms with Gasteiger partial charge in [-0.1, -0.05) is 83.6 Å². The first-order valence-corrected chi connectivity index (χ1v) is 17.6. The lowest BCUT2D eigenvalue weighted by Gasteiger charge is -2.16. The van der Waals surface area contributed by atoms with Crippen LogP contribution in [0.5, 0.6) is 5.75 Å². The Hall–Kier alpha value is -3.95. The molecule has 0 spiro atoms. The molecule has 0 atom stereocenters. The summed E-state index contributed by atoms with van der Waals surface area (Å²) in [5.74, 6) is 0.577. The van der Waals surface area contributed by atoms with E-state index < -0.39 is 0 Å². The molecule has 2 aromatic heterocycles. The van der Waals surface area contributed by atoms with Crippen LogP contribution >= 0.6 is 0 Å². The van der Waals surface area contributed by atoms with Crippen molar-refractivity contribution in [3.8, 4) is 16.9 Å². The number of ether oxygens (including phenoxy) is 1. The Balaban J connectivity index is 1.35. The molecule has 250 valence electrons. The number of aromatic nitrogens is 4. The van der Waals surface area contributed by atoms with Crippen molar-refractivity contribution in [2.45, 2.75) is 117 Å². The van der Waals surface area contributed by atoms with Gasteiger partial charge < -0.3 is 20.7 Å². The van der Waals surface area contributed by atoms with Crippen LogP contribution in [0.25, 0.3) is 11.1 Å². The summed E-state index contributed by atoms with van der Waals surface area (Å²) >= 11 is 0. The minimum absolute atomic E-state index is 0.0194. The molecule has 1 fully saturated rings. The number of hydrogen-bond acceptors (Lipinski definition) is 7. The molecular formula is C36H53N7O3. The highest BCUT2D eigenvalue weighted by atomic mass is 16.5. The van der Waals surface area contributed by atoms with Crippen molar-refractivity contribution in [1.82, 2.24) is 25.3 Å². The van der Waals surface area contributed by atoms with Crippen molar-refractivity contribution in [3.05, 3.63) is 42.4 Å². The number of anilines is 3. The van der Waals surface area contributed by atoms with Crippen LogP contribution in [0, 0.1) is 5.92 Å². The number of nitrogens with zero attached hydrogens (tertiary/aromatic N) is 4. The van der Waals surface area contributed by atoms with Crippen molar-refractivity contribution in [1.29, 1.82) is 0 Å². The molecule has 0 aliphatic heterocycles. The highest BCUT2D eigenvalue weighted by Gasteiger charge is 2.30. The number of carbonyl (C=O) groups excluding carboxylic acids is 2. The second kappa shape index (κ2) is 18.9. The summed E-state index contributed by atoms with van der Waals surface area (Å²) < 4.78 is 7.88. The number of benzene rings is 1. The number of nitrogens with one attached hydrogen (secondary N) is 3. The number of amides is 2. The molecule has 0 radical (unpaired) electrons. The van der Waals surface area contributed by atoms with Gasteiger partial charge in [0.15, 0.2) is 11.5 Å². The minimum Gasteiger partial charge on any atom is -0.492 e. The summed E-state index contributed by atoms with van der Waals surface area (Å²) in [5, 5.41) is 22.0. The summed E-state index contributed by atoms with van der Waals surface area (Å²) in [4.78, 5) is 25.8. The lowest BCUT2D eigenvalue weighted by atomic mass is 10.1. The van der Waals surface area contributed by atoms with Gasteiger partial charge in [-0.3, -0.25) is 14.3 Å². The third-order valence-corrected chi connectivity index (χ3v) is 8.37. The smallest absolute Gasteiger partial charge is 0.273 e. The molecule has 10 heteroatoms. The molecular weight excluding hydrogens is 578 g/mol. The van der Waals surface area contributed by atoms with Crippen LogP contribution in [0.2, 0.25) is 0 Å². The zero-order valence-electron chi connectivity index (χ0n) is 28.1. The van der Waals surface area contributed by atoms with E-state index in [0.29, 0.717) is 36.1 Å². The molecule has 1 saturated carbocycles. The van der Waals surface area contributed by atoms with Crippen LogP contribution in [0.3, 0.4) is 0 Å². The van der Waals surface area contributed by atoms with Crippen molar-refractivity contribution in [2.24, 2.45) is 5.92 Å². The maximum Gasteiger partial charge on any atom is 0.273 e. The lowest BCUT2D eigenvalue weighted by molar-refractivity contribution is -0.117. The van der Waals surface area contributed by atoms with Gasteiger partial charge in [0, 0.05) is 36.8 Å². The zero-order chi connectivity index (χ0) is 32.6. The van der Waals surface area contributed by atoms with Crippen molar-refractivity contribution < 1.29 is 14.3 Å². The molecule has 2 heterocycles. The molecule has 4 rings (SSSR count). The fourth-order valence-electron chi connectivity index (χ4n) is 5.45. The Morgan fingerprint density at radius 2 is 1.54 bits per heavy atom. The van der Waals surface area contributed by atoms with E-state index in [1.165, 1.54) is 64.2 Å². The van der Waals surface area contributed by atoms with E-state index in [4.69, 9.17) is 4.74 Å². The van der Waals surface area contributed by atoms with Gasteiger partial charge in [0.1, 0.15) is 5.75 Å². The molecule has 3 aromatic rings. The summed E-state index contributed by atoms with van der Waals surface area (Å²) in [7, 11) is 0. The molecule has 10 nitrogen and oxygen atoms in total. The first-order valence-electron chi connectivity index (χ1n) is 17.6. The quantitative estimate of drug-likeness (QED) is 0.0954. The van der Waals surface area contributed by atoms with E-state index in [-0.39, 0.29) is 23.4 Å². The summed E-state index contributed by atoms with van der Waals surface area (Å²) in [5.41, 5.74) is 3.25. The lowest BCUT2D eigenvalue weighted by Crippen LogP contribution is -2.27. The van der Waals surface area contributed by atoms with Crippen LogP contribution < -0.4 is 20.7 Å². The molecule has 0 unspecified atom stereocenters. The average Bonchev–Trinajstić information content (AvgIpc) is 3.81. The van der Waals surface area contributed by atoms with Crippen LogP contribution in [0.15, 0.2) is 36.7 Å². The van der Waals surface area contributed by atoms with Crippen molar-refractivity contribution >= 4 is 29.0 Å². The monoisotopic (exact) mass is 631 g/mol. The molecule has 1 aliphatic carbocycles. The Labute approximate surface area is 274 Å². The van der Waals surface area contributed by atoms with Gasteiger partial charge in [0.05, 0.1) is 24.2 Å². The van der Waals surface area contributed by atoms with E-state index in [1.54, 1.807) is 6.07 Å². The molecule has 0 bridgehead atoms. The maximum atomic E-state index is 13.3. The van der Waals surface area contributed by atoms with Gasteiger partial charge in [0.25, 0.3) is 5.91 Å². The van der Waals surface area contributed by atoms with Gasteiger partial charge in [-0.2, -0.15) is 5.10 Å². The second-order valence-electron chi connectivity index (χ2n) is 12.3. The standard InChI is InChI=1S/C36H53N7O3/c1-4-7-8-9-10-11-12-13-14-15-16-17-22-37-36(45)34-31(24-33(41-42-34)40-35(44)27-18-19-27)39-30-21-20-28(23-32(30)46-6-3)29-25-38-43(5-2)26-29/h20-21,23-27H,4-19,22H2,1-3H3,(H,37,45)(H2,39,40,41,44). The van der Waals surface area contributed by atoms with Crippen LogP contribution in [0.4, 0.5) is 17.2 Å². The normalized spacial score (nSPS) is 12.6. The van der Waals surface area contributed by atoms with Gasteiger partial charge in [-0.15, -0.1) is 10.2 Å². The predicted octanol–water partition coefficient (Wildman–Crippen LogP) is 8.28. The highest BCUT2D eigenvalue weighted by Crippen LogP contribution is 2.35. The van der Waals surface area contributed by atoms with Gasteiger partial charge in [0.2, 0.25) is 5.91 Å². The Kier molecular flexibility index (Phi) is 14.3. The van der Waals surface area contributed by atoms with Crippen LogP contribution in [0.1, 0.15) is 121 Å². The first kappa shape index (κ1) is 34.9. The fourth-order valence-corrected chi connectivity index (χ4v) is 5.45. The summed E-state index contributed by atoms with van der Waals surface area (Å²) in [6.45, 7) is 8.06. The van der Waals surface area contributed by atoms with Crippen molar-refractivity contribution in [3.63, 3.8) is 0 Å². The highest BCUT2D eigenvalue weighted by molar-refractivity contribution is 6.00. The number of carbonyl (C=O) groups is 2. The van der Waals surface area contributed by atoms with E-state index in [1.807, 2.05) is 49.1 Å². The topological polar surface area (TPSA) is 123 Å². The molecule has 2 amide bonds. The molecule has 46 heavy (non-hydrogen) atoms. The van der Waals surface area contributed by atoms with Gasteiger partial charge in [-0.25, -0.2) is 0 Å². The fraction of sp³-hybridized carbons (Fsp3) is 0.583. The van der Waals surface area contributed by atoms with E-state index in [9.17, 15) is 9.59 Å². The number of hydrogen-bond donors (Lipinski definition) is 3. The molecule has 0 saturated heterocycles. The SMILES string of the molecule is CCCCCCCCCCCCCCNC(=O)c1nnc(NC(=O)C2CC2)cc1Nc1ccc(-c2cnn(CC)c2)cc1OCC. The Morgan fingerprint density at radius 3 is 2.17 bits per heavy atom. The van der Waals surface area contributed by atoms with Gasteiger partial charge in [-0.05, 0) is 50.8 Å². The maximum absolute atomic E-state index is 13.3. The third kappa shape index (κ3) is 11.1. The average molecular weight is 632 g/mol. The second-order valence-corrected chi connectivity index (χ2v) is 12.3. The largest absolute Gasteiger partial charge is 0.492 e. The van der Waals surface area contributed by atoms with E-state index >= 15 is 0 Å². The van der Waals surface area contributed by atoms with Gasteiger partial charge >= 0.3 is 0 Å². The Bertz CT molecular complexity index is 1390. The number of aryl methyl sites for hydroxylation is 1. The number of unbranched alkanes of at least 4 members (excludes halogenated alkanes) is 11. The summed E-state index contributed by atoms with van der Waals surface area (Å²) in [6.07, 6.45) is 20.8. The molecule has 3 N–H and O–H groups in total. The Morgan fingerprint density at radius 1 is 0.848 bits per heavy atom.